The number of halogens is 3. The van der Waals surface area contributed by atoms with Crippen molar-refractivity contribution in [2.75, 3.05) is 5.32 Å². The molecule has 0 aliphatic carbocycles. The van der Waals surface area contributed by atoms with Crippen molar-refractivity contribution >= 4 is 39.3 Å². The molecule has 9 heteroatoms. The van der Waals surface area contributed by atoms with Gasteiger partial charge < -0.3 is 5.32 Å². The maximum atomic E-state index is 13.7. The normalized spacial score (nSPS) is 10.8. The lowest BCUT2D eigenvalue weighted by Gasteiger charge is -2.04. The van der Waals surface area contributed by atoms with Crippen LogP contribution in [0.3, 0.4) is 0 Å². The van der Waals surface area contributed by atoms with Crippen molar-refractivity contribution in [2.24, 2.45) is 0 Å². The minimum Gasteiger partial charge on any atom is -0.308 e. The molecular formula is C16H14BrClFN5O. The molecule has 0 aliphatic rings. The highest BCUT2D eigenvalue weighted by molar-refractivity contribution is 9.10. The van der Waals surface area contributed by atoms with Crippen LogP contribution < -0.4 is 5.32 Å². The smallest absolute Gasteiger partial charge is 0.227 e. The van der Waals surface area contributed by atoms with Crippen molar-refractivity contribution in [1.29, 1.82) is 0 Å². The van der Waals surface area contributed by atoms with Gasteiger partial charge in [-0.25, -0.2) is 4.39 Å². The SMILES string of the molecule is O=C(CCn1cc(Cl)cn1)Nc1nn(Cc2ccccc2F)cc1Br. The Morgan fingerprint density at radius 3 is 2.80 bits per heavy atom. The van der Waals surface area contributed by atoms with Crippen LogP contribution in [0.1, 0.15) is 12.0 Å². The largest absolute Gasteiger partial charge is 0.308 e. The molecule has 0 atom stereocenters. The summed E-state index contributed by atoms with van der Waals surface area (Å²) in [6.07, 6.45) is 5.08. The third-order valence-electron chi connectivity index (χ3n) is 3.43. The fourth-order valence-electron chi connectivity index (χ4n) is 2.24. The first-order valence-electron chi connectivity index (χ1n) is 7.45. The second-order valence-corrected chi connectivity index (χ2v) is 6.63. The lowest BCUT2D eigenvalue weighted by atomic mass is 10.2. The summed E-state index contributed by atoms with van der Waals surface area (Å²) in [5.74, 6) is -0.110. The summed E-state index contributed by atoms with van der Waals surface area (Å²) in [5.41, 5.74) is 0.519. The summed E-state index contributed by atoms with van der Waals surface area (Å²) in [6.45, 7) is 0.680. The molecule has 0 spiro atoms. The van der Waals surface area contributed by atoms with Gasteiger partial charge in [0.05, 0.1) is 22.2 Å². The lowest BCUT2D eigenvalue weighted by Crippen LogP contribution is -2.15. The number of anilines is 1. The molecule has 0 unspecified atom stereocenters. The van der Waals surface area contributed by atoms with E-state index in [2.05, 4.69) is 31.4 Å². The van der Waals surface area contributed by atoms with E-state index in [0.717, 1.165) is 0 Å². The second kappa shape index (κ2) is 7.79. The predicted molar refractivity (Wildman–Crippen MR) is 95.9 cm³/mol. The first-order chi connectivity index (χ1) is 12.0. The van der Waals surface area contributed by atoms with Crippen molar-refractivity contribution in [1.82, 2.24) is 19.6 Å². The Kier molecular flexibility index (Phi) is 5.50. The van der Waals surface area contributed by atoms with Crippen LogP contribution in [0.15, 0.2) is 47.3 Å². The number of rotatable bonds is 6. The minimum absolute atomic E-state index is 0.205. The molecule has 6 nitrogen and oxygen atoms in total. The molecule has 1 amide bonds. The van der Waals surface area contributed by atoms with Gasteiger partial charge in [-0.1, -0.05) is 29.8 Å². The number of nitrogens with one attached hydrogen (secondary N) is 1. The molecule has 3 aromatic rings. The highest BCUT2D eigenvalue weighted by Gasteiger charge is 2.12. The third-order valence-corrected chi connectivity index (χ3v) is 4.21. The molecule has 2 aromatic heterocycles. The van der Waals surface area contributed by atoms with Gasteiger partial charge in [0.25, 0.3) is 0 Å². The summed E-state index contributed by atoms with van der Waals surface area (Å²) < 4.78 is 17.5. The summed E-state index contributed by atoms with van der Waals surface area (Å²) in [6, 6.07) is 6.49. The molecule has 2 heterocycles. The molecule has 0 saturated heterocycles. The summed E-state index contributed by atoms with van der Waals surface area (Å²) >= 11 is 9.13. The number of aromatic nitrogens is 4. The zero-order valence-electron chi connectivity index (χ0n) is 13.0. The van der Waals surface area contributed by atoms with Gasteiger partial charge in [0.2, 0.25) is 5.91 Å². The van der Waals surface area contributed by atoms with Gasteiger partial charge in [0.15, 0.2) is 5.82 Å². The second-order valence-electron chi connectivity index (χ2n) is 5.33. The topological polar surface area (TPSA) is 64.7 Å². The van der Waals surface area contributed by atoms with Gasteiger partial charge in [-0.05, 0) is 22.0 Å². The van der Waals surface area contributed by atoms with Crippen LogP contribution in [0.25, 0.3) is 0 Å². The Balaban J connectivity index is 1.60. The van der Waals surface area contributed by atoms with Crippen LogP contribution in [-0.2, 0) is 17.9 Å². The van der Waals surface area contributed by atoms with E-state index >= 15 is 0 Å². The van der Waals surface area contributed by atoms with Crippen LogP contribution >= 0.6 is 27.5 Å². The number of nitrogens with zero attached hydrogens (tertiary/aromatic N) is 4. The number of aryl methyl sites for hydroxylation is 1. The van der Waals surface area contributed by atoms with E-state index < -0.39 is 0 Å². The molecular weight excluding hydrogens is 413 g/mol. The number of hydrogen-bond acceptors (Lipinski definition) is 3. The van der Waals surface area contributed by atoms with Crippen molar-refractivity contribution in [2.45, 2.75) is 19.5 Å². The molecule has 3 rings (SSSR count). The molecule has 0 aliphatic heterocycles. The Morgan fingerprint density at radius 1 is 1.28 bits per heavy atom. The van der Waals surface area contributed by atoms with E-state index in [-0.39, 0.29) is 24.7 Å². The molecule has 130 valence electrons. The van der Waals surface area contributed by atoms with Gasteiger partial charge in [0, 0.05) is 30.9 Å². The standard InChI is InChI=1S/C16H14BrClFN5O/c17-13-10-24(8-11-3-1-2-4-14(11)19)22-16(13)21-15(25)5-6-23-9-12(18)7-20-23/h1-4,7,9-10H,5-6,8H2,(H,21,22,25). The third kappa shape index (κ3) is 4.67. The van der Waals surface area contributed by atoms with Crippen LogP contribution in [0.2, 0.25) is 5.02 Å². The fourth-order valence-corrected chi connectivity index (χ4v) is 2.81. The van der Waals surface area contributed by atoms with Crippen LogP contribution in [0.4, 0.5) is 10.2 Å². The van der Waals surface area contributed by atoms with E-state index in [9.17, 15) is 9.18 Å². The maximum Gasteiger partial charge on any atom is 0.227 e. The number of hydrogen-bond donors (Lipinski definition) is 1. The van der Waals surface area contributed by atoms with E-state index in [1.54, 1.807) is 40.0 Å². The molecule has 0 radical (unpaired) electrons. The average molecular weight is 427 g/mol. The van der Waals surface area contributed by atoms with Gasteiger partial charge in [0.1, 0.15) is 5.82 Å². The van der Waals surface area contributed by atoms with Gasteiger partial charge in [-0.15, -0.1) is 0 Å². The molecule has 0 bridgehead atoms. The van der Waals surface area contributed by atoms with E-state index in [1.807, 2.05) is 0 Å². The van der Waals surface area contributed by atoms with Crippen LogP contribution in [-0.4, -0.2) is 25.5 Å². The summed E-state index contributed by atoms with van der Waals surface area (Å²) in [5, 5.41) is 11.5. The van der Waals surface area contributed by atoms with Crippen molar-refractivity contribution in [3.05, 3.63) is 63.7 Å². The number of amides is 1. The highest BCUT2D eigenvalue weighted by atomic mass is 79.9. The Hall–Kier alpha value is -2.19. The average Bonchev–Trinajstić information content (AvgIpc) is 3.14. The molecule has 1 N–H and O–H groups in total. The van der Waals surface area contributed by atoms with Crippen LogP contribution in [0, 0.1) is 5.82 Å². The zero-order valence-corrected chi connectivity index (χ0v) is 15.3. The highest BCUT2D eigenvalue weighted by Crippen LogP contribution is 2.21. The van der Waals surface area contributed by atoms with E-state index in [1.165, 1.54) is 12.3 Å². The molecule has 25 heavy (non-hydrogen) atoms. The summed E-state index contributed by atoms with van der Waals surface area (Å²) in [4.78, 5) is 12.1. The van der Waals surface area contributed by atoms with Gasteiger partial charge >= 0.3 is 0 Å². The zero-order chi connectivity index (χ0) is 17.8. The number of carbonyl (C=O) groups excluding carboxylic acids is 1. The maximum absolute atomic E-state index is 13.7. The quantitative estimate of drug-likeness (QED) is 0.653. The van der Waals surface area contributed by atoms with Crippen LogP contribution in [0.5, 0.6) is 0 Å². The number of benzene rings is 1. The molecule has 1 aromatic carbocycles. The Morgan fingerprint density at radius 2 is 2.08 bits per heavy atom. The van der Waals surface area contributed by atoms with Gasteiger partial charge in [-0.3, -0.25) is 14.2 Å². The first kappa shape index (κ1) is 17.6. The first-order valence-corrected chi connectivity index (χ1v) is 8.62. The van der Waals surface area contributed by atoms with Crippen molar-refractivity contribution in [3.8, 4) is 0 Å². The summed E-state index contributed by atoms with van der Waals surface area (Å²) in [7, 11) is 0. The van der Waals surface area contributed by atoms with E-state index in [4.69, 9.17) is 11.6 Å². The lowest BCUT2D eigenvalue weighted by molar-refractivity contribution is -0.116. The fraction of sp³-hybridized carbons (Fsp3) is 0.188. The van der Waals surface area contributed by atoms with Crippen molar-refractivity contribution in [3.63, 3.8) is 0 Å². The molecule has 0 fully saturated rings. The van der Waals surface area contributed by atoms with Crippen molar-refractivity contribution < 1.29 is 9.18 Å². The Bertz CT molecular complexity index is 894. The minimum atomic E-state index is -0.294. The predicted octanol–water partition coefficient (Wildman–Crippen LogP) is 3.71. The Labute approximate surface area is 156 Å². The monoisotopic (exact) mass is 425 g/mol. The number of carbonyl (C=O) groups is 1. The van der Waals surface area contributed by atoms with Gasteiger partial charge in [-0.2, -0.15) is 10.2 Å². The van der Waals surface area contributed by atoms with E-state index in [0.29, 0.717) is 27.4 Å². The molecule has 0 saturated carbocycles.